The summed E-state index contributed by atoms with van der Waals surface area (Å²) < 4.78 is 21.8. The number of thioether (sulfide) groups is 1. The second-order valence-electron chi connectivity index (χ2n) is 6.13. The average molecular weight is 413 g/mol. The van der Waals surface area contributed by atoms with Gasteiger partial charge in [0.15, 0.2) is 5.16 Å². The van der Waals surface area contributed by atoms with Gasteiger partial charge in [0.2, 0.25) is 0 Å². The molecule has 0 aliphatic heterocycles. The number of benzene rings is 3. The van der Waals surface area contributed by atoms with E-state index in [0.29, 0.717) is 22.9 Å². The van der Waals surface area contributed by atoms with Crippen LogP contribution in [0.3, 0.4) is 0 Å². The standard InChI is InChI=1S/C22H18ClFN2OS/c1-2-27-16-12-10-15(11-13-16)26-21-9-4-3-8-20(21)25-22(26)28-14-17-18(23)6-5-7-19(17)24/h3-13H,2,14H2,1H3. The third-order valence-corrected chi connectivity index (χ3v) is 5.66. The van der Waals surface area contributed by atoms with Gasteiger partial charge in [0.1, 0.15) is 11.6 Å². The fourth-order valence-electron chi connectivity index (χ4n) is 3.02. The van der Waals surface area contributed by atoms with E-state index >= 15 is 0 Å². The lowest BCUT2D eigenvalue weighted by Crippen LogP contribution is -1.98. The summed E-state index contributed by atoms with van der Waals surface area (Å²) in [6, 6.07) is 20.6. The van der Waals surface area contributed by atoms with Crippen LogP contribution in [0, 0.1) is 5.82 Å². The number of halogens is 2. The molecule has 142 valence electrons. The van der Waals surface area contributed by atoms with Crippen molar-refractivity contribution in [1.29, 1.82) is 0 Å². The van der Waals surface area contributed by atoms with Crippen LogP contribution in [0.5, 0.6) is 5.75 Å². The molecule has 4 rings (SSSR count). The summed E-state index contributed by atoms with van der Waals surface area (Å²) in [7, 11) is 0. The topological polar surface area (TPSA) is 27.1 Å². The zero-order valence-corrected chi connectivity index (χ0v) is 16.8. The van der Waals surface area contributed by atoms with Gasteiger partial charge in [0.25, 0.3) is 0 Å². The van der Waals surface area contributed by atoms with Crippen molar-refractivity contribution in [1.82, 2.24) is 9.55 Å². The first-order valence-electron chi connectivity index (χ1n) is 8.93. The first-order chi connectivity index (χ1) is 13.7. The van der Waals surface area contributed by atoms with Gasteiger partial charge in [-0.25, -0.2) is 9.37 Å². The molecule has 28 heavy (non-hydrogen) atoms. The van der Waals surface area contributed by atoms with Crippen LogP contribution in [0.1, 0.15) is 12.5 Å². The number of hydrogen-bond acceptors (Lipinski definition) is 3. The average Bonchev–Trinajstić information content (AvgIpc) is 3.07. The molecule has 0 N–H and O–H groups in total. The monoisotopic (exact) mass is 412 g/mol. The minimum Gasteiger partial charge on any atom is -0.494 e. The fraction of sp³-hybridized carbons (Fsp3) is 0.136. The Bertz CT molecular complexity index is 1090. The fourth-order valence-corrected chi connectivity index (χ4v) is 4.39. The SMILES string of the molecule is CCOc1ccc(-n2c(SCc3c(F)cccc3Cl)nc3ccccc32)cc1. The van der Waals surface area contributed by atoms with E-state index in [9.17, 15) is 4.39 Å². The first-order valence-corrected chi connectivity index (χ1v) is 10.3. The number of ether oxygens (including phenoxy) is 1. The summed E-state index contributed by atoms with van der Waals surface area (Å²) in [6.07, 6.45) is 0. The second-order valence-corrected chi connectivity index (χ2v) is 7.48. The predicted molar refractivity (Wildman–Crippen MR) is 113 cm³/mol. The maximum Gasteiger partial charge on any atom is 0.174 e. The normalized spacial score (nSPS) is 11.1. The summed E-state index contributed by atoms with van der Waals surface area (Å²) >= 11 is 7.64. The van der Waals surface area contributed by atoms with Crippen molar-refractivity contribution in [2.45, 2.75) is 17.8 Å². The molecule has 6 heteroatoms. The molecule has 0 aliphatic carbocycles. The van der Waals surface area contributed by atoms with E-state index in [4.69, 9.17) is 21.3 Å². The predicted octanol–water partition coefficient (Wildman–Crippen LogP) is 6.51. The molecule has 0 amide bonds. The van der Waals surface area contributed by atoms with E-state index in [-0.39, 0.29) is 5.82 Å². The number of imidazole rings is 1. The summed E-state index contributed by atoms with van der Waals surface area (Å²) in [5.74, 6) is 0.915. The van der Waals surface area contributed by atoms with Gasteiger partial charge in [-0.3, -0.25) is 4.57 Å². The van der Waals surface area contributed by atoms with E-state index in [1.807, 2.05) is 55.5 Å². The van der Waals surface area contributed by atoms with Gasteiger partial charge in [-0.05, 0) is 55.5 Å². The zero-order valence-electron chi connectivity index (χ0n) is 15.2. The first kappa shape index (κ1) is 18.8. The Morgan fingerprint density at radius 1 is 1.04 bits per heavy atom. The summed E-state index contributed by atoms with van der Waals surface area (Å²) in [6.45, 7) is 2.58. The molecule has 3 aromatic carbocycles. The lowest BCUT2D eigenvalue weighted by Gasteiger charge is -2.11. The molecule has 0 aliphatic rings. The summed E-state index contributed by atoms with van der Waals surface area (Å²) in [5, 5.41) is 1.21. The quantitative estimate of drug-likeness (QED) is 0.338. The van der Waals surface area contributed by atoms with Gasteiger partial charge < -0.3 is 4.74 Å². The molecular formula is C22H18ClFN2OS. The minimum atomic E-state index is -0.302. The van der Waals surface area contributed by atoms with Gasteiger partial charge in [0, 0.05) is 22.0 Å². The summed E-state index contributed by atoms with van der Waals surface area (Å²) in [4.78, 5) is 4.75. The molecule has 0 saturated heterocycles. The molecule has 4 aromatic rings. The Balaban J connectivity index is 1.73. The molecule has 0 unspecified atom stereocenters. The molecule has 0 fully saturated rings. The highest BCUT2D eigenvalue weighted by molar-refractivity contribution is 7.98. The Morgan fingerprint density at radius 3 is 2.57 bits per heavy atom. The van der Waals surface area contributed by atoms with E-state index < -0.39 is 0 Å². The highest BCUT2D eigenvalue weighted by Gasteiger charge is 2.15. The number of fused-ring (bicyclic) bond motifs is 1. The number of aromatic nitrogens is 2. The smallest absolute Gasteiger partial charge is 0.174 e. The van der Waals surface area contributed by atoms with Gasteiger partial charge in [-0.1, -0.05) is 41.6 Å². The van der Waals surface area contributed by atoms with E-state index in [0.717, 1.165) is 27.6 Å². The van der Waals surface area contributed by atoms with Gasteiger partial charge in [0.05, 0.1) is 17.6 Å². The van der Waals surface area contributed by atoms with Crippen LogP contribution >= 0.6 is 23.4 Å². The van der Waals surface area contributed by atoms with Crippen LogP contribution in [0.4, 0.5) is 4.39 Å². The van der Waals surface area contributed by atoms with Crippen LogP contribution in [0.15, 0.2) is 71.9 Å². The maximum absolute atomic E-state index is 14.2. The molecule has 0 radical (unpaired) electrons. The van der Waals surface area contributed by atoms with Crippen molar-refractivity contribution in [3.05, 3.63) is 83.1 Å². The third kappa shape index (κ3) is 3.73. The molecule has 0 bridgehead atoms. The highest BCUT2D eigenvalue weighted by Crippen LogP contribution is 2.32. The Hall–Kier alpha value is -2.50. The van der Waals surface area contributed by atoms with Crippen molar-refractivity contribution in [2.75, 3.05) is 6.61 Å². The van der Waals surface area contributed by atoms with Crippen LogP contribution in [0.2, 0.25) is 5.02 Å². The molecular weight excluding hydrogens is 395 g/mol. The lowest BCUT2D eigenvalue weighted by molar-refractivity contribution is 0.340. The van der Waals surface area contributed by atoms with E-state index in [1.165, 1.54) is 17.8 Å². The van der Waals surface area contributed by atoms with Crippen molar-refractivity contribution in [2.24, 2.45) is 0 Å². The number of rotatable bonds is 6. The van der Waals surface area contributed by atoms with Gasteiger partial charge >= 0.3 is 0 Å². The van der Waals surface area contributed by atoms with Crippen molar-refractivity contribution in [3.63, 3.8) is 0 Å². The Kier molecular flexibility index (Phi) is 5.55. The Morgan fingerprint density at radius 2 is 1.82 bits per heavy atom. The maximum atomic E-state index is 14.2. The lowest BCUT2D eigenvalue weighted by atomic mass is 10.2. The van der Waals surface area contributed by atoms with Crippen LogP contribution in [-0.2, 0) is 5.75 Å². The minimum absolute atomic E-state index is 0.302. The number of hydrogen-bond donors (Lipinski definition) is 0. The third-order valence-electron chi connectivity index (χ3n) is 4.34. The molecule has 3 nitrogen and oxygen atoms in total. The van der Waals surface area contributed by atoms with Gasteiger partial charge in [-0.2, -0.15) is 0 Å². The molecule has 0 atom stereocenters. The van der Waals surface area contributed by atoms with Gasteiger partial charge in [-0.15, -0.1) is 0 Å². The van der Waals surface area contributed by atoms with Crippen molar-refractivity contribution in [3.8, 4) is 11.4 Å². The summed E-state index contributed by atoms with van der Waals surface area (Å²) in [5.41, 5.74) is 3.34. The van der Waals surface area contributed by atoms with E-state index in [2.05, 4.69) is 4.57 Å². The second kappa shape index (κ2) is 8.25. The van der Waals surface area contributed by atoms with Crippen LogP contribution in [-0.4, -0.2) is 16.2 Å². The number of para-hydroxylation sites is 2. The van der Waals surface area contributed by atoms with Crippen LogP contribution < -0.4 is 4.74 Å². The van der Waals surface area contributed by atoms with Crippen molar-refractivity contribution >= 4 is 34.4 Å². The largest absolute Gasteiger partial charge is 0.494 e. The van der Waals surface area contributed by atoms with Crippen molar-refractivity contribution < 1.29 is 9.13 Å². The highest BCUT2D eigenvalue weighted by atomic mass is 35.5. The molecule has 1 heterocycles. The molecule has 0 saturated carbocycles. The molecule has 0 spiro atoms. The van der Waals surface area contributed by atoms with E-state index in [1.54, 1.807) is 12.1 Å². The Labute approximate surface area is 172 Å². The zero-order chi connectivity index (χ0) is 19.5. The molecule has 1 aromatic heterocycles. The number of nitrogens with zero attached hydrogens (tertiary/aromatic N) is 2. The van der Waals surface area contributed by atoms with Crippen LogP contribution in [0.25, 0.3) is 16.7 Å².